The van der Waals surface area contributed by atoms with E-state index in [1.54, 1.807) is 6.20 Å². The number of aromatic nitrogens is 2. The van der Waals surface area contributed by atoms with Crippen molar-refractivity contribution in [3.8, 4) is 22.3 Å². The number of carbonyl (C=O) groups excluding carboxylic acids is 1. The number of benzene rings is 2. The second-order valence-corrected chi connectivity index (χ2v) is 11.1. The van der Waals surface area contributed by atoms with Crippen molar-refractivity contribution >= 4 is 34.3 Å². The van der Waals surface area contributed by atoms with E-state index in [1.165, 1.54) is 33.5 Å². The molecule has 0 saturated heterocycles. The third-order valence-corrected chi connectivity index (χ3v) is 8.34. The molecular weight excluding hydrogens is 518 g/mol. The first-order chi connectivity index (χ1) is 20.6. The monoisotopic (exact) mass is 555 g/mol. The zero-order valence-corrected chi connectivity index (χ0v) is 24.6. The van der Waals surface area contributed by atoms with Gasteiger partial charge in [0.25, 0.3) is 0 Å². The summed E-state index contributed by atoms with van der Waals surface area (Å²) in [7, 11) is 0. The minimum absolute atomic E-state index is 0.0109. The third-order valence-electron chi connectivity index (χ3n) is 8.34. The van der Waals surface area contributed by atoms with Crippen molar-refractivity contribution in [3.63, 3.8) is 0 Å². The summed E-state index contributed by atoms with van der Waals surface area (Å²) in [5, 5.41) is 6.64. The van der Waals surface area contributed by atoms with Crippen LogP contribution in [0.1, 0.15) is 57.6 Å². The number of nitrogens with one attached hydrogen (secondary N) is 2. The van der Waals surface area contributed by atoms with Gasteiger partial charge in [-0.25, -0.2) is 0 Å². The van der Waals surface area contributed by atoms with Crippen LogP contribution in [0.25, 0.3) is 27.8 Å². The third kappa shape index (κ3) is 5.37. The molecule has 4 aromatic rings. The molecule has 1 unspecified atom stereocenters. The van der Waals surface area contributed by atoms with Crippen molar-refractivity contribution in [2.24, 2.45) is 10.9 Å². The van der Waals surface area contributed by atoms with E-state index in [1.807, 2.05) is 37.6 Å². The molecule has 0 bridgehead atoms. The summed E-state index contributed by atoms with van der Waals surface area (Å²) >= 11 is 0. The number of allylic oxidation sites excluding steroid dienone is 1. The smallest absolute Gasteiger partial charge is 0.224 e. The largest absolute Gasteiger partial charge is 0.381 e. The molecule has 2 aromatic carbocycles. The molecule has 1 atom stereocenters. The molecule has 2 aliphatic rings. The van der Waals surface area contributed by atoms with Crippen molar-refractivity contribution in [1.82, 2.24) is 9.97 Å². The Morgan fingerprint density at radius 3 is 2.60 bits per heavy atom. The van der Waals surface area contributed by atoms with Gasteiger partial charge in [-0.2, -0.15) is 0 Å². The lowest BCUT2D eigenvalue weighted by Gasteiger charge is -2.32. The molecule has 0 spiro atoms. The molecule has 6 rings (SSSR count). The molecule has 0 radical (unpaired) electrons. The summed E-state index contributed by atoms with van der Waals surface area (Å²) in [4.78, 5) is 26.4. The van der Waals surface area contributed by atoms with Gasteiger partial charge in [-0.3, -0.25) is 19.8 Å². The van der Waals surface area contributed by atoms with E-state index in [9.17, 15) is 4.79 Å². The Kier molecular flexibility index (Phi) is 7.95. The van der Waals surface area contributed by atoms with Crippen LogP contribution < -0.4 is 10.6 Å². The maximum Gasteiger partial charge on any atom is 0.224 e. The number of hydrogen-bond acceptors (Lipinski definition) is 5. The first-order valence-electron chi connectivity index (χ1n) is 15.1. The Balaban J connectivity index is 1.44. The minimum Gasteiger partial charge on any atom is -0.381 e. The summed E-state index contributed by atoms with van der Waals surface area (Å²) in [6.07, 6.45) is 11.5. The number of hydrogen-bond donors (Lipinski definition) is 2. The molecular formula is C36H37N5O. The van der Waals surface area contributed by atoms with Crippen molar-refractivity contribution in [2.45, 2.75) is 52.9 Å². The van der Waals surface area contributed by atoms with Crippen LogP contribution in [0.2, 0.25) is 0 Å². The van der Waals surface area contributed by atoms with Gasteiger partial charge in [0.15, 0.2) is 0 Å². The van der Waals surface area contributed by atoms with Gasteiger partial charge in [0.2, 0.25) is 5.91 Å². The lowest BCUT2D eigenvalue weighted by molar-refractivity contribution is -0.116. The molecule has 2 N–H and O–H groups in total. The normalized spacial score (nSPS) is 15.8. The SMILES string of the molecule is CCCC(=O)Nc1cncc(-c2ccc3c(c2)C(C2=Nc4cccc(-c5cccnc5)c4CC2CC)=C(CC)CN3)c1. The molecule has 0 saturated carbocycles. The predicted molar refractivity (Wildman–Crippen MR) is 173 cm³/mol. The zero-order valence-electron chi connectivity index (χ0n) is 24.6. The van der Waals surface area contributed by atoms with Crippen molar-refractivity contribution in [3.05, 3.63) is 96.1 Å². The van der Waals surface area contributed by atoms with Gasteiger partial charge in [-0.15, -0.1) is 0 Å². The average Bonchev–Trinajstić information content (AvgIpc) is 3.03. The second-order valence-electron chi connectivity index (χ2n) is 11.1. The second kappa shape index (κ2) is 12.1. The topological polar surface area (TPSA) is 79.3 Å². The Morgan fingerprint density at radius 1 is 0.929 bits per heavy atom. The summed E-state index contributed by atoms with van der Waals surface area (Å²) in [5.74, 6) is 0.317. The van der Waals surface area contributed by atoms with Gasteiger partial charge in [-0.1, -0.05) is 45.0 Å². The fourth-order valence-electron chi connectivity index (χ4n) is 6.15. The maximum atomic E-state index is 12.2. The number of rotatable bonds is 8. The Bertz CT molecular complexity index is 1690. The van der Waals surface area contributed by atoms with Crippen molar-refractivity contribution < 1.29 is 4.79 Å². The molecule has 6 heteroatoms. The highest BCUT2D eigenvalue weighted by molar-refractivity contribution is 6.29. The van der Waals surface area contributed by atoms with Crippen LogP contribution in [-0.2, 0) is 11.2 Å². The molecule has 1 amide bonds. The van der Waals surface area contributed by atoms with E-state index < -0.39 is 0 Å². The lowest BCUT2D eigenvalue weighted by atomic mass is 9.78. The van der Waals surface area contributed by atoms with E-state index in [2.05, 4.69) is 76.9 Å². The van der Waals surface area contributed by atoms with Crippen LogP contribution in [0, 0.1) is 5.92 Å². The highest BCUT2D eigenvalue weighted by atomic mass is 16.1. The lowest BCUT2D eigenvalue weighted by Crippen LogP contribution is -2.26. The number of carbonyl (C=O) groups is 1. The fraction of sp³-hybridized carbons (Fsp3) is 0.278. The molecule has 0 fully saturated rings. The number of aliphatic imine (C=N–C) groups is 1. The van der Waals surface area contributed by atoms with Gasteiger partial charge in [0.1, 0.15) is 0 Å². The predicted octanol–water partition coefficient (Wildman–Crippen LogP) is 8.49. The molecule has 2 aliphatic heterocycles. The molecule has 212 valence electrons. The van der Waals surface area contributed by atoms with Gasteiger partial charge < -0.3 is 10.6 Å². The zero-order chi connectivity index (χ0) is 29.1. The molecule has 0 aliphatic carbocycles. The van der Waals surface area contributed by atoms with Crippen LogP contribution in [0.15, 0.2) is 90.0 Å². The van der Waals surface area contributed by atoms with E-state index in [-0.39, 0.29) is 5.91 Å². The van der Waals surface area contributed by atoms with Crippen molar-refractivity contribution in [1.29, 1.82) is 0 Å². The highest BCUT2D eigenvalue weighted by Gasteiger charge is 2.31. The van der Waals surface area contributed by atoms with Crippen molar-refractivity contribution in [2.75, 3.05) is 17.2 Å². The van der Waals surface area contributed by atoms with E-state index >= 15 is 0 Å². The molecule has 6 nitrogen and oxygen atoms in total. The van der Waals surface area contributed by atoms with Crippen LogP contribution in [0.4, 0.5) is 17.1 Å². The summed E-state index contributed by atoms with van der Waals surface area (Å²) in [6, 6.07) is 19.1. The molecule has 4 heterocycles. The Labute approximate surface area is 248 Å². The van der Waals surface area contributed by atoms with E-state index in [0.717, 1.165) is 66.0 Å². The fourth-order valence-corrected chi connectivity index (χ4v) is 6.15. The maximum absolute atomic E-state index is 12.2. The van der Waals surface area contributed by atoms with Crippen LogP contribution in [-0.4, -0.2) is 28.1 Å². The molecule has 2 aromatic heterocycles. The van der Waals surface area contributed by atoms with E-state index in [0.29, 0.717) is 12.3 Å². The summed E-state index contributed by atoms with van der Waals surface area (Å²) in [6.45, 7) is 7.32. The summed E-state index contributed by atoms with van der Waals surface area (Å²) in [5.41, 5.74) is 13.6. The van der Waals surface area contributed by atoms with E-state index in [4.69, 9.17) is 4.99 Å². The average molecular weight is 556 g/mol. The minimum atomic E-state index is 0.0109. The van der Waals surface area contributed by atoms with Gasteiger partial charge in [-0.05, 0) is 78.3 Å². The summed E-state index contributed by atoms with van der Waals surface area (Å²) < 4.78 is 0. The van der Waals surface area contributed by atoms with Crippen LogP contribution in [0.3, 0.4) is 0 Å². The van der Waals surface area contributed by atoms with Gasteiger partial charge in [0.05, 0.1) is 23.3 Å². The van der Waals surface area contributed by atoms with Gasteiger partial charge in [0, 0.05) is 65.4 Å². The standard InChI is InChI=1S/C36H37N5O/c1-4-9-34(42)40-28-16-27(20-38-22-28)25-13-14-32-31(18-25)35(24(6-3)21-39-32)36-23(5-2)17-30-29(11-7-12-33(30)41-36)26-10-8-15-37-19-26/h7-8,10-16,18-20,22-23,39H,4-6,9,17,21H2,1-3H3,(H,40,42). The highest BCUT2D eigenvalue weighted by Crippen LogP contribution is 2.44. The number of nitrogens with zero attached hydrogens (tertiary/aromatic N) is 3. The number of fused-ring (bicyclic) bond motifs is 2. The van der Waals surface area contributed by atoms with Crippen LogP contribution >= 0.6 is 0 Å². The van der Waals surface area contributed by atoms with Gasteiger partial charge >= 0.3 is 0 Å². The Morgan fingerprint density at radius 2 is 1.81 bits per heavy atom. The first kappa shape index (κ1) is 27.6. The number of amides is 1. The molecule has 42 heavy (non-hydrogen) atoms. The number of pyridine rings is 2. The first-order valence-corrected chi connectivity index (χ1v) is 15.1. The Hall–Kier alpha value is -4.58. The number of anilines is 2. The van der Waals surface area contributed by atoms with Crippen LogP contribution in [0.5, 0.6) is 0 Å². The quantitative estimate of drug-likeness (QED) is 0.228.